The Hall–Kier alpha value is 0.157. The fourth-order valence-corrected chi connectivity index (χ4v) is 4.35. The van der Waals surface area contributed by atoms with Crippen molar-refractivity contribution in [3.8, 4) is 0 Å². The molecule has 0 heterocycles. The summed E-state index contributed by atoms with van der Waals surface area (Å²) in [6.07, 6.45) is 5.04. The molecule has 0 radical (unpaired) electrons. The van der Waals surface area contributed by atoms with Crippen LogP contribution in [0, 0.1) is 11.8 Å². The maximum Gasteiger partial charge on any atom is 0.194 e. The van der Waals surface area contributed by atoms with Gasteiger partial charge in [-0.2, -0.15) is 0 Å². The second-order valence-corrected chi connectivity index (χ2v) is 13.2. The van der Waals surface area contributed by atoms with Gasteiger partial charge in [0, 0.05) is 19.6 Å². The van der Waals surface area contributed by atoms with E-state index in [9.17, 15) is 4.79 Å². The quantitative estimate of drug-likeness (QED) is 0.702. The van der Waals surface area contributed by atoms with Crippen LogP contribution in [0.25, 0.3) is 0 Å². The molecule has 0 aromatic carbocycles. The highest BCUT2D eigenvalue weighted by atomic mass is 32.2. The Morgan fingerprint density at radius 2 is 1.90 bits per heavy atom. The molecule has 0 aromatic rings. The Balaban J connectivity index is 2.71. The maximum atomic E-state index is 12.1. The van der Waals surface area contributed by atoms with Crippen molar-refractivity contribution >= 4 is 25.2 Å². The van der Waals surface area contributed by atoms with E-state index in [1.807, 2.05) is 6.26 Å². The van der Waals surface area contributed by atoms with Gasteiger partial charge in [0.25, 0.3) is 0 Å². The molecule has 0 amide bonds. The average Bonchev–Trinajstić information content (AvgIpc) is 2.42. The summed E-state index contributed by atoms with van der Waals surface area (Å²) in [5.74, 6) is 0.380. The molecule has 1 saturated carbocycles. The Labute approximate surface area is 135 Å². The first-order valence-electron chi connectivity index (χ1n) is 7.88. The summed E-state index contributed by atoms with van der Waals surface area (Å²) in [4.78, 5) is 12.1. The standard InChI is InChI=1S/C16H32O3SSi/c1-16(2,3)21(6,7)19-11-12-9-8-10-13(14(12)18-4)15(17)20-5/h12-14H,8-11H2,1-7H3. The van der Waals surface area contributed by atoms with E-state index in [0.29, 0.717) is 5.92 Å². The Morgan fingerprint density at radius 1 is 1.29 bits per heavy atom. The first-order valence-corrected chi connectivity index (χ1v) is 12.0. The number of carbonyl (C=O) groups excluding carboxylic acids is 1. The molecule has 124 valence electrons. The molecule has 3 unspecified atom stereocenters. The second-order valence-electron chi connectivity index (χ2n) is 7.59. The molecule has 0 spiro atoms. The highest BCUT2D eigenvalue weighted by Crippen LogP contribution is 2.39. The van der Waals surface area contributed by atoms with E-state index in [1.165, 1.54) is 11.8 Å². The van der Waals surface area contributed by atoms with Crippen molar-refractivity contribution in [2.45, 2.75) is 64.3 Å². The minimum Gasteiger partial charge on any atom is -0.416 e. The molecule has 1 fully saturated rings. The van der Waals surface area contributed by atoms with Crippen LogP contribution in [0.4, 0.5) is 0 Å². The summed E-state index contributed by atoms with van der Waals surface area (Å²) in [5.41, 5.74) is 0. The molecule has 1 rings (SSSR count). The van der Waals surface area contributed by atoms with Crippen molar-refractivity contribution in [3.05, 3.63) is 0 Å². The molecule has 0 bridgehead atoms. The van der Waals surface area contributed by atoms with Crippen LogP contribution >= 0.6 is 11.8 Å². The van der Waals surface area contributed by atoms with Gasteiger partial charge < -0.3 is 9.16 Å². The second kappa shape index (κ2) is 7.62. The van der Waals surface area contributed by atoms with Gasteiger partial charge in [-0.25, -0.2) is 0 Å². The third kappa shape index (κ3) is 4.81. The van der Waals surface area contributed by atoms with Gasteiger partial charge in [-0.1, -0.05) is 39.0 Å². The lowest BCUT2D eigenvalue weighted by molar-refractivity contribution is -0.123. The zero-order chi connectivity index (χ0) is 16.3. The SMILES string of the molecule is COC1C(CO[Si](C)(C)C(C)(C)C)CCCC1C(=O)SC. The van der Waals surface area contributed by atoms with Crippen LogP contribution in [0.3, 0.4) is 0 Å². The molecule has 1 aliphatic rings. The first kappa shape index (κ1) is 19.2. The smallest absolute Gasteiger partial charge is 0.194 e. The summed E-state index contributed by atoms with van der Waals surface area (Å²) < 4.78 is 12.1. The molecular weight excluding hydrogens is 300 g/mol. The topological polar surface area (TPSA) is 35.5 Å². The average molecular weight is 333 g/mol. The molecule has 5 heteroatoms. The summed E-state index contributed by atoms with van der Waals surface area (Å²) in [6, 6.07) is 0. The highest BCUT2D eigenvalue weighted by molar-refractivity contribution is 8.13. The van der Waals surface area contributed by atoms with E-state index in [1.54, 1.807) is 7.11 Å². The van der Waals surface area contributed by atoms with Gasteiger partial charge in [0.1, 0.15) is 0 Å². The summed E-state index contributed by atoms with van der Waals surface area (Å²) >= 11 is 1.33. The Bertz CT molecular complexity index is 352. The van der Waals surface area contributed by atoms with Crippen LogP contribution in [-0.2, 0) is 14.0 Å². The third-order valence-corrected chi connectivity index (χ3v) is 10.4. The fraction of sp³-hybridized carbons (Fsp3) is 0.938. The Morgan fingerprint density at radius 3 is 2.38 bits per heavy atom. The number of hydrogen-bond acceptors (Lipinski definition) is 4. The van der Waals surface area contributed by atoms with E-state index in [4.69, 9.17) is 9.16 Å². The van der Waals surface area contributed by atoms with Crippen molar-refractivity contribution < 1.29 is 14.0 Å². The molecule has 21 heavy (non-hydrogen) atoms. The first-order chi connectivity index (χ1) is 9.64. The van der Waals surface area contributed by atoms with E-state index in [0.717, 1.165) is 25.9 Å². The number of rotatable bonds is 5. The maximum absolute atomic E-state index is 12.1. The molecule has 3 nitrogen and oxygen atoms in total. The summed E-state index contributed by atoms with van der Waals surface area (Å²) in [5, 5.41) is 0.484. The van der Waals surface area contributed by atoms with Crippen molar-refractivity contribution in [2.24, 2.45) is 11.8 Å². The van der Waals surface area contributed by atoms with Gasteiger partial charge in [-0.3, -0.25) is 4.79 Å². The van der Waals surface area contributed by atoms with Gasteiger partial charge >= 0.3 is 0 Å². The van der Waals surface area contributed by atoms with Crippen LogP contribution in [0.15, 0.2) is 0 Å². The van der Waals surface area contributed by atoms with Crippen molar-refractivity contribution in [1.29, 1.82) is 0 Å². The van der Waals surface area contributed by atoms with Crippen LogP contribution in [0.2, 0.25) is 18.1 Å². The zero-order valence-corrected chi connectivity index (χ0v) is 16.5. The monoisotopic (exact) mass is 332 g/mol. The van der Waals surface area contributed by atoms with Crippen molar-refractivity contribution in [1.82, 2.24) is 0 Å². The summed E-state index contributed by atoms with van der Waals surface area (Å²) in [7, 11) is -0.00236. The van der Waals surface area contributed by atoms with Crippen LogP contribution in [-0.4, -0.2) is 39.5 Å². The molecule has 0 aliphatic heterocycles. The van der Waals surface area contributed by atoms with E-state index >= 15 is 0 Å². The number of carbonyl (C=O) groups is 1. The predicted molar refractivity (Wildman–Crippen MR) is 93.3 cm³/mol. The largest absolute Gasteiger partial charge is 0.416 e. The van der Waals surface area contributed by atoms with Crippen LogP contribution < -0.4 is 0 Å². The lowest BCUT2D eigenvalue weighted by Crippen LogP contribution is -2.46. The predicted octanol–water partition coefficient (Wildman–Crippen LogP) is 4.33. The van der Waals surface area contributed by atoms with Gasteiger partial charge in [0.2, 0.25) is 0 Å². The van der Waals surface area contributed by atoms with E-state index in [2.05, 4.69) is 33.9 Å². The fourth-order valence-electron chi connectivity index (χ4n) is 2.73. The summed E-state index contributed by atoms with van der Waals surface area (Å²) in [6.45, 7) is 12.1. The number of hydrogen-bond donors (Lipinski definition) is 0. The minimum atomic E-state index is -1.73. The van der Waals surface area contributed by atoms with Crippen molar-refractivity contribution in [3.63, 3.8) is 0 Å². The van der Waals surface area contributed by atoms with E-state index < -0.39 is 8.32 Å². The minimum absolute atomic E-state index is 0.0171. The van der Waals surface area contributed by atoms with E-state index in [-0.39, 0.29) is 22.2 Å². The molecule has 1 aliphatic carbocycles. The molecule has 0 N–H and O–H groups in total. The normalized spacial score (nSPS) is 27.7. The highest BCUT2D eigenvalue weighted by Gasteiger charge is 2.41. The van der Waals surface area contributed by atoms with Crippen LogP contribution in [0.1, 0.15) is 40.0 Å². The molecule has 0 saturated heterocycles. The van der Waals surface area contributed by atoms with Crippen molar-refractivity contribution in [2.75, 3.05) is 20.0 Å². The molecule has 0 aromatic heterocycles. The van der Waals surface area contributed by atoms with Gasteiger partial charge in [0.05, 0.1) is 12.0 Å². The molecular formula is C16H32O3SSi. The van der Waals surface area contributed by atoms with Gasteiger partial charge in [-0.05, 0) is 37.2 Å². The third-order valence-electron chi connectivity index (χ3n) is 5.19. The Kier molecular flexibility index (Phi) is 6.97. The lowest BCUT2D eigenvalue weighted by atomic mass is 9.79. The number of thioether (sulfide) groups is 1. The van der Waals surface area contributed by atoms with Gasteiger partial charge in [0.15, 0.2) is 13.4 Å². The number of ether oxygens (including phenoxy) is 1. The lowest BCUT2D eigenvalue weighted by Gasteiger charge is -2.41. The number of methoxy groups -OCH3 is 1. The van der Waals surface area contributed by atoms with Crippen LogP contribution in [0.5, 0.6) is 0 Å². The molecule has 3 atom stereocenters. The van der Waals surface area contributed by atoms with Gasteiger partial charge in [-0.15, -0.1) is 0 Å². The zero-order valence-electron chi connectivity index (χ0n) is 14.7.